The van der Waals surface area contributed by atoms with Gasteiger partial charge in [0, 0.05) is 18.3 Å². The van der Waals surface area contributed by atoms with Gasteiger partial charge in [-0.2, -0.15) is 9.41 Å². The van der Waals surface area contributed by atoms with Crippen molar-refractivity contribution in [2.24, 2.45) is 0 Å². The number of rotatable bonds is 10. The van der Waals surface area contributed by atoms with Crippen LogP contribution in [0.1, 0.15) is 5.69 Å². The maximum Gasteiger partial charge on any atom is 0.488 e. The van der Waals surface area contributed by atoms with Crippen molar-refractivity contribution in [2.75, 3.05) is 18.8 Å². The normalized spacial score (nSPS) is 17.9. The van der Waals surface area contributed by atoms with E-state index in [0.29, 0.717) is 16.9 Å². The van der Waals surface area contributed by atoms with Crippen molar-refractivity contribution in [1.82, 2.24) is 9.61 Å². The second kappa shape index (κ2) is 8.68. The fourth-order valence-corrected chi connectivity index (χ4v) is 5.51. The van der Waals surface area contributed by atoms with E-state index in [9.17, 15) is 23.0 Å². The van der Waals surface area contributed by atoms with Gasteiger partial charge in [-0.05, 0) is 18.2 Å². The van der Waals surface area contributed by atoms with Crippen LogP contribution in [0.25, 0.3) is 5.52 Å². The molecule has 0 aliphatic heterocycles. The molecule has 2 rings (SSSR count). The van der Waals surface area contributed by atoms with Crippen LogP contribution in [0.2, 0.25) is 0 Å². The number of halogens is 1. The monoisotopic (exact) mass is 463 g/mol. The summed E-state index contributed by atoms with van der Waals surface area (Å²) < 4.78 is 60.5. The molecule has 2 aromatic heterocycles. The Balaban J connectivity index is 2.02. The van der Waals surface area contributed by atoms with E-state index < -0.39 is 42.4 Å². The number of nitrogen functional groups attached to an aromatic ring is 1. The molecular formula is C11H17FN3O10P3. The van der Waals surface area contributed by atoms with Gasteiger partial charge in [-0.25, -0.2) is 22.3 Å². The van der Waals surface area contributed by atoms with Crippen LogP contribution in [0, 0.1) is 0 Å². The third-order valence-corrected chi connectivity index (χ3v) is 7.19. The maximum absolute atomic E-state index is 13.2. The Morgan fingerprint density at radius 3 is 2.43 bits per heavy atom. The van der Waals surface area contributed by atoms with Crippen LogP contribution in [-0.4, -0.2) is 48.3 Å². The average molecular weight is 463 g/mol. The molecule has 0 aliphatic rings. The highest BCUT2D eigenvalue weighted by Crippen LogP contribution is 2.65. The largest absolute Gasteiger partial charge is 0.488 e. The zero-order valence-electron chi connectivity index (χ0n) is 13.9. The van der Waals surface area contributed by atoms with Gasteiger partial charge in [0.1, 0.15) is 13.0 Å². The van der Waals surface area contributed by atoms with Crippen molar-refractivity contribution in [1.29, 1.82) is 0 Å². The van der Waals surface area contributed by atoms with Crippen LogP contribution < -0.4 is 5.73 Å². The fourth-order valence-electron chi connectivity index (χ4n) is 2.17. The number of hydrogen-bond acceptors (Lipinski definition) is 8. The summed E-state index contributed by atoms with van der Waals surface area (Å²) >= 11 is 0. The Labute approximate surface area is 157 Å². The second-order valence-corrected chi connectivity index (χ2v) is 10.2. The molecule has 2 heterocycles. The van der Waals surface area contributed by atoms with E-state index in [1.807, 2.05) is 0 Å². The van der Waals surface area contributed by atoms with Crippen molar-refractivity contribution >= 4 is 34.4 Å². The van der Waals surface area contributed by atoms with Gasteiger partial charge in [-0.15, -0.1) is 0 Å². The van der Waals surface area contributed by atoms with Gasteiger partial charge >= 0.3 is 23.2 Å². The van der Waals surface area contributed by atoms with E-state index >= 15 is 0 Å². The molecule has 2 aromatic rings. The number of hydrogen-bond donors (Lipinski definition) is 5. The lowest BCUT2D eigenvalue weighted by Crippen LogP contribution is -2.20. The average Bonchev–Trinajstić information content (AvgIpc) is 2.92. The number of phosphoric acid groups is 2. The van der Waals surface area contributed by atoms with Crippen molar-refractivity contribution in [3.63, 3.8) is 0 Å². The van der Waals surface area contributed by atoms with Crippen LogP contribution >= 0.6 is 23.2 Å². The van der Waals surface area contributed by atoms with Gasteiger partial charge in [0.15, 0.2) is 0 Å². The maximum atomic E-state index is 13.2. The van der Waals surface area contributed by atoms with E-state index in [4.69, 9.17) is 25.2 Å². The molecule has 0 fully saturated rings. The molecule has 17 heteroatoms. The lowest BCUT2D eigenvalue weighted by Gasteiger charge is -2.19. The number of aromatic nitrogens is 2. The van der Waals surface area contributed by atoms with Crippen molar-refractivity contribution in [3.8, 4) is 0 Å². The van der Waals surface area contributed by atoms with Crippen LogP contribution in [0.5, 0.6) is 0 Å². The zero-order valence-corrected chi connectivity index (χ0v) is 16.6. The van der Waals surface area contributed by atoms with E-state index in [0.717, 1.165) is 0 Å². The van der Waals surface area contributed by atoms with Crippen LogP contribution in [0.4, 0.5) is 10.1 Å². The second-order valence-electron chi connectivity index (χ2n) is 5.44. The molecule has 0 aliphatic carbocycles. The minimum Gasteiger partial charge on any atom is -0.397 e. The summed E-state index contributed by atoms with van der Waals surface area (Å²) in [5, 5.41) is 4.05. The molecule has 0 amide bonds. The van der Waals surface area contributed by atoms with E-state index in [1.165, 1.54) is 10.7 Å². The van der Waals surface area contributed by atoms with Gasteiger partial charge in [-0.1, -0.05) is 0 Å². The molecule has 6 N–H and O–H groups in total. The smallest absolute Gasteiger partial charge is 0.397 e. The van der Waals surface area contributed by atoms with Gasteiger partial charge in [0.25, 0.3) is 0 Å². The summed E-state index contributed by atoms with van der Waals surface area (Å²) in [5.41, 5.74) is 7.23. The standard InChI is InChI=1S/C11H17FN3O10P3/c12-6-9(5-8-1-2-11-10(13)3-4-14-15(8)11)23-7-26(16,17)24-28(21,22)25-27(18,19)20/h1-4,9H,5-7,13H2,(H,16,17)(H,21,22)(H2,18,19,20). The van der Waals surface area contributed by atoms with Gasteiger partial charge < -0.3 is 30.0 Å². The Morgan fingerprint density at radius 2 is 1.82 bits per heavy atom. The number of fused-ring (bicyclic) bond motifs is 1. The molecule has 0 aromatic carbocycles. The van der Waals surface area contributed by atoms with E-state index in [2.05, 4.69) is 13.7 Å². The molecule has 158 valence electrons. The molecule has 0 radical (unpaired) electrons. The predicted molar refractivity (Wildman–Crippen MR) is 92.9 cm³/mol. The van der Waals surface area contributed by atoms with Crippen molar-refractivity contribution in [2.45, 2.75) is 12.5 Å². The predicted octanol–water partition coefficient (Wildman–Crippen LogP) is 1.18. The van der Waals surface area contributed by atoms with Crippen LogP contribution in [-0.2, 0) is 33.5 Å². The van der Waals surface area contributed by atoms with Crippen LogP contribution in [0.15, 0.2) is 24.4 Å². The molecular weight excluding hydrogens is 446 g/mol. The fraction of sp³-hybridized carbons (Fsp3) is 0.364. The molecule has 3 unspecified atom stereocenters. The molecule has 13 nitrogen and oxygen atoms in total. The number of nitrogens with zero attached hydrogens (tertiary/aromatic N) is 2. The minimum absolute atomic E-state index is 0.100. The summed E-state index contributed by atoms with van der Waals surface area (Å²) in [6, 6.07) is 4.79. The first-order chi connectivity index (χ1) is 12.8. The van der Waals surface area contributed by atoms with Crippen LogP contribution in [0.3, 0.4) is 0 Å². The Bertz CT molecular complexity index is 978. The Hall–Kier alpha value is -1.17. The van der Waals surface area contributed by atoms with Gasteiger partial charge in [0.05, 0.1) is 17.3 Å². The summed E-state index contributed by atoms with van der Waals surface area (Å²) in [6.07, 6.45) is -1.18. The first kappa shape index (κ1) is 23.1. The topological polar surface area (TPSA) is 203 Å². The highest BCUT2D eigenvalue weighted by Gasteiger charge is 2.40. The first-order valence-electron chi connectivity index (χ1n) is 7.33. The number of alkyl halides is 1. The quantitative estimate of drug-likeness (QED) is 0.315. The third-order valence-electron chi connectivity index (χ3n) is 3.19. The SMILES string of the molecule is Nc1ccnn2c(CC(CF)OCP(=O)(O)OP(=O)(O)OP(=O)(O)O)ccc12. The minimum atomic E-state index is -5.58. The molecule has 0 bridgehead atoms. The Morgan fingerprint density at radius 1 is 1.14 bits per heavy atom. The number of nitrogens with two attached hydrogens (primary N) is 1. The van der Waals surface area contributed by atoms with Gasteiger partial charge in [0.2, 0.25) is 0 Å². The summed E-state index contributed by atoms with van der Waals surface area (Å²) in [7, 11) is -16.1. The van der Waals surface area contributed by atoms with Crippen molar-refractivity contribution in [3.05, 3.63) is 30.1 Å². The molecule has 0 saturated heterocycles. The Kier molecular flexibility index (Phi) is 7.17. The third kappa shape index (κ3) is 6.71. The van der Waals surface area contributed by atoms with Gasteiger partial charge in [-0.3, -0.25) is 4.57 Å². The molecule has 0 spiro atoms. The number of anilines is 1. The molecule has 3 atom stereocenters. The summed E-state index contributed by atoms with van der Waals surface area (Å²) in [4.78, 5) is 35.5. The zero-order chi connectivity index (χ0) is 21.2. The highest BCUT2D eigenvalue weighted by atomic mass is 31.3. The molecule has 0 saturated carbocycles. The summed E-state index contributed by atoms with van der Waals surface area (Å²) in [5.74, 6) is 0. The molecule has 28 heavy (non-hydrogen) atoms. The summed E-state index contributed by atoms with van der Waals surface area (Å²) in [6.45, 7) is -1.09. The van der Waals surface area contributed by atoms with E-state index in [1.54, 1.807) is 18.2 Å². The highest BCUT2D eigenvalue weighted by molar-refractivity contribution is 7.68. The van der Waals surface area contributed by atoms with Crippen molar-refractivity contribution < 1.29 is 51.0 Å². The van der Waals surface area contributed by atoms with E-state index in [-0.39, 0.29) is 6.42 Å². The lowest BCUT2D eigenvalue weighted by atomic mass is 10.2. The lowest BCUT2D eigenvalue weighted by molar-refractivity contribution is 0.0549. The number of ether oxygens (including phenoxy) is 1. The first-order valence-corrected chi connectivity index (χ1v) is 12.1.